The number of halogens is 1. The fraction of sp³-hybridized carbons (Fsp3) is 0.900. The van der Waals surface area contributed by atoms with Crippen LogP contribution < -0.4 is 11.1 Å². The highest BCUT2D eigenvalue weighted by molar-refractivity contribution is 9.09. The van der Waals surface area contributed by atoms with Crippen LogP contribution in [0.3, 0.4) is 0 Å². The summed E-state index contributed by atoms with van der Waals surface area (Å²) in [6.45, 7) is 6.63. The molecule has 1 aliphatic carbocycles. The van der Waals surface area contributed by atoms with E-state index in [1.54, 1.807) is 0 Å². The predicted molar refractivity (Wildman–Crippen MR) is 61.3 cm³/mol. The van der Waals surface area contributed by atoms with Gasteiger partial charge in [-0.1, -0.05) is 22.9 Å². The molecule has 14 heavy (non-hydrogen) atoms. The van der Waals surface area contributed by atoms with Gasteiger partial charge in [0.15, 0.2) is 0 Å². The van der Waals surface area contributed by atoms with E-state index in [0.29, 0.717) is 11.2 Å². The summed E-state index contributed by atoms with van der Waals surface area (Å²) in [5.74, 6) is 0.0466. The van der Waals surface area contributed by atoms with Crippen molar-refractivity contribution in [2.24, 2.45) is 11.1 Å². The average Bonchev–Trinajstić information content (AvgIpc) is 2.53. The third-order valence-corrected chi connectivity index (χ3v) is 3.98. The Hall–Kier alpha value is -0.0900. The molecule has 4 heteroatoms. The zero-order valence-electron chi connectivity index (χ0n) is 9.06. The number of rotatable bonds is 4. The lowest BCUT2D eigenvalue weighted by molar-refractivity contribution is -0.122. The Bertz CT molecular complexity index is 237. The van der Waals surface area contributed by atoms with E-state index in [4.69, 9.17) is 5.73 Å². The molecule has 1 aliphatic rings. The molecule has 0 saturated heterocycles. The maximum Gasteiger partial charge on any atom is 0.221 e. The smallest absolute Gasteiger partial charge is 0.221 e. The van der Waals surface area contributed by atoms with Gasteiger partial charge in [-0.15, -0.1) is 0 Å². The van der Waals surface area contributed by atoms with Gasteiger partial charge in [0.1, 0.15) is 0 Å². The zero-order valence-corrected chi connectivity index (χ0v) is 10.6. The largest absolute Gasteiger partial charge is 0.355 e. The second-order valence-corrected chi connectivity index (χ2v) is 6.37. The van der Waals surface area contributed by atoms with Crippen molar-refractivity contribution in [2.45, 2.75) is 44.0 Å². The normalized spacial score (nSPS) is 31.4. The number of hydrogen-bond donors (Lipinski definition) is 2. The van der Waals surface area contributed by atoms with Crippen LogP contribution in [0.25, 0.3) is 0 Å². The molecule has 1 rings (SSSR count). The molecular formula is C10H19BrN2O. The molecule has 3 nitrogen and oxygen atoms in total. The summed E-state index contributed by atoms with van der Waals surface area (Å²) in [7, 11) is 0. The van der Waals surface area contributed by atoms with Gasteiger partial charge in [0.05, 0.1) is 0 Å². The number of carbonyl (C=O) groups is 1. The van der Waals surface area contributed by atoms with E-state index in [2.05, 4.69) is 28.2 Å². The molecule has 1 fully saturated rings. The first-order valence-electron chi connectivity index (χ1n) is 4.93. The van der Waals surface area contributed by atoms with Crippen molar-refractivity contribution >= 4 is 21.8 Å². The van der Waals surface area contributed by atoms with Crippen molar-refractivity contribution in [2.75, 3.05) is 6.54 Å². The maximum absolute atomic E-state index is 11.4. The summed E-state index contributed by atoms with van der Waals surface area (Å²) in [5, 5.41) is 2.92. The Morgan fingerprint density at radius 1 is 1.71 bits per heavy atom. The first-order valence-corrected chi connectivity index (χ1v) is 5.84. The summed E-state index contributed by atoms with van der Waals surface area (Å²) >= 11 is 3.54. The van der Waals surface area contributed by atoms with Gasteiger partial charge >= 0.3 is 0 Å². The van der Waals surface area contributed by atoms with Crippen molar-refractivity contribution in [1.29, 1.82) is 0 Å². The van der Waals surface area contributed by atoms with Crippen LogP contribution in [0.2, 0.25) is 0 Å². The van der Waals surface area contributed by atoms with Crippen LogP contribution in [-0.2, 0) is 4.79 Å². The molecule has 2 unspecified atom stereocenters. The molecule has 0 aromatic heterocycles. The van der Waals surface area contributed by atoms with Gasteiger partial charge in [-0.2, -0.15) is 0 Å². The standard InChI is InChI=1S/C10H19BrN2O/c1-9(2,12)5-8(14)13-6-10(3)4-7(10)11/h7H,4-6,12H2,1-3H3,(H,13,14). The van der Waals surface area contributed by atoms with Crippen molar-refractivity contribution in [3.8, 4) is 0 Å². The minimum Gasteiger partial charge on any atom is -0.355 e. The van der Waals surface area contributed by atoms with Gasteiger partial charge in [-0.05, 0) is 25.7 Å². The molecular weight excluding hydrogens is 244 g/mol. The SMILES string of the molecule is CC(C)(N)CC(=O)NCC1(C)CC1Br. The highest BCUT2D eigenvalue weighted by Crippen LogP contribution is 2.50. The lowest BCUT2D eigenvalue weighted by Crippen LogP contribution is -2.40. The highest BCUT2D eigenvalue weighted by atomic mass is 79.9. The van der Waals surface area contributed by atoms with Crippen molar-refractivity contribution in [1.82, 2.24) is 5.32 Å². The first kappa shape index (κ1) is 12.0. The zero-order chi connectivity index (χ0) is 11.0. The lowest BCUT2D eigenvalue weighted by atomic mass is 10.0. The van der Waals surface area contributed by atoms with E-state index in [1.807, 2.05) is 13.8 Å². The van der Waals surface area contributed by atoms with Gasteiger partial charge in [-0.3, -0.25) is 4.79 Å². The molecule has 0 aliphatic heterocycles. The molecule has 0 aromatic rings. The Balaban J connectivity index is 2.23. The van der Waals surface area contributed by atoms with E-state index in [9.17, 15) is 4.79 Å². The summed E-state index contributed by atoms with van der Waals surface area (Å²) in [6.07, 6.45) is 1.52. The van der Waals surface area contributed by atoms with Crippen molar-refractivity contribution in [3.63, 3.8) is 0 Å². The molecule has 0 spiro atoms. The Morgan fingerprint density at radius 2 is 2.21 bits per heavy atom. The number of nitrogens with two attached hydrogens (primary N) is 1. The van der Waals surface area contributed by atoms with Gasteiger partial charge < -0.3 is 11.1 Å². The molecule has 82 valence electrons. The summed E-state index contributed by atoms with van der Waals surface area (Å²) < 4.78 is 0. The Labute approximate surface area is 93.9 Å². The maximum atomic E-state index is 11.4. The third kappa shape index (κ3) is 3.58. The second-order valence-electron chi connectivity index (χ2n) is 5.27. The second kappa shape index (κ2) is 3.81. The molecule has 1 amide bonds. The van der Waals surface area contributed by atoms with Crippen LogP contribution in [0.4, 0.5) is 0 Å². The van der Waals surface area contributed by atoms with E-state index in [-0.39, 0.29) is 11.3 Å². The van der Waals surface area contributed by atoms with Crippen molar-refractivity contribution < 1.29 is 4.79 Å². The van der Waals surface area contributed by atoms with E-state index >= 15 is 0 Å². The quantitative estimate of drug-likeness (QED) is 0.753. The number of carbonyl (C=O) groups excluding carboxylic acids is 1. The number of amides is 1. The topological polar surface area (TPSA) is 55.1 Å². The molecule has 2 atom stereocenters. The molecule has 1 saturated carbocycles. The first-order chi connectivity index (χ1) is 6.23. The van der Waals surface area contributed by atoms with Crippen LogP contribution in [-0.4, -0.2) is 22.8 Å². The summed E-state index contributed by atoms with van der Waals surface area (Å²) in [6, 6.07) is 0. The van der Waals surface area contributed by atoms with E-state index in [0.717, 1.165) is 13.0 Å². The Morgan fingerprint density at radius 3 is 2.57 bits per heavy atom. The third-order valence-electron chi connectivity index (χ3n) is 2.55. The van der Waals surface area contributed by atoms with E-state index < -0.39 is 5.54 Å². The number of hydrogen-bond acceptors (Lipinski definition) is 2. The monoisotopic (exact) mass is 262 g/mol. The fourth-order valence-corrected chi connectivity index (χ4v) is 2.21. The number of alkyl halides is 1. The number of nitrogens with one attached hydrogen (secondary N) is 1. The van der Waals surface area contributed by atoms with Crippen LogP contribution in [0.1, 0.15) is 33.6 Å². The minimum absolute atomic E-state index is 0.0466. The Kier molecular flexibility index (Phi) is 3.26. The van der Waals surface area contributed by atoms with Gasteiger partial charge in [0.25, 0.3) is 0 Å². The van der Waals surface area contributed by atoms with Crippen LogP contribution >= 0.6 is 15.9 Å². The van der Waals surface area contributed by atoms with Crippen LogP contribution in [0.15, 0.2) is 0 Å². The van der Waals surface area contributed by atoms with Crippen LogP contribution in [0, 0.1) is 5.41 Å². The van der Waals surface area contributed by atoms with Crippen LogP contribution in [0.5, 0.6) is 0 Å². The van der Waals surface area contributed by atoms with Crippen molar-refractivity contribution in [3.05, 3.63) is 0 Å². The molecule has 0 aromatic carbocycles. The lowest BCUT2D eigenvalue weighted by Gasteiger charge is -2.18. The van der Waals surface area contributed by atoms with Gasteiger partial charge in [0.2, 0.25) is 5.91 Å². The fourth-order valence-electron chi connectivity index (χ4n) is 1.31. The molecule has 0 bridgehead atoms. The average molecular weight is 263 g/mol. The predicted octanol–water partition coefficient (Wildman–Crippen LogP) is 1.40. The highest BCUT2D eigenvalue weighted by Gasteiger charge is 2.48. The summed E-state index contributed by atoms with van der Waals surface area (Å²) in [5.41, 5.74) is 5.59. The van der Waals surface area contributed by atoms with E-state index in [1.165, 1.54) is 0 Å². The summed E-state index contributed by atoms with van der Waals surface area (Å²) in [4.78, 5) is 12.0. The molecule has 0 heterocycles. The minimum atomic E-state index is -0.414. The molecule has 0 radical (unpaired) electrons. The van der Waals surface area contributed by atoms with Gasteiger partial charge in [0, 0.05) is 23.3 Å². The molecule has 3 N–H and O–H groups in total. The van der Waals surface area contributed by atoms with Gasteiger partial charge in [-0.25, -0.2) is 0 Å².